The molecule has 0 spiro atoms. The lowest BCUT2D eigenvalue weighted by molar-refractivity contribution is -0.130. The van der Waals surface area contributed by atoms with Crippen LogP contribution in [0.2, 0.25) is 0 Å². The summed E-state index contributed by atoms with van der Waals surface area (Å²) in [6.07, 6.45) is 4.33. The Balaban J connectivity index is 1.07. The largest absolute Gasteiger partial charge is 0.505 e. The molecule has 0 aliphatic rings. The molecule has 0 unspecified atom stereocenters. The van der Waals surface area contributed by atoms with Crippen LogP contribution in [-0.4, -0.2) is 60.6 Å². The molecule has 0 saturated heterocycles. The highest BCUT2D eigenvalue weighted by atomic mass is 16.8. The van der Waals surface area contributed by atoms with E-state index in [1.54, 1.807) is 18.2 Å². The Hall–Kier alpha value is -5.20. The third-order valence-electron chi connectivity index (χ3n) is 8.00. The minimum absolute atomic E-state index is 0.0865. The SMILES string of the molecule is CCCCCc1cc(OCOCOCOc2cc(CC)c(O)c(-n3nc4ccc(C)cc4n3)c2)cc(-n2nc3ccc(C)cc3n2)c1O. The molecule has 0 radical (unpaired) electrons. The number of fused-ring (bicyclic) bond motifs is 2. The number of unbranched alkanes of at least 4 members (excludes halogenated alkanes) is 2. The van der Waals surface area contributed by atoms with E-state index in [-0.39, 0.29) is 31.9 Å². The first-order valence-corrected chi connectivity index (χ1v) is 16.1. The molecule has 0 amide bonds. The number of aromatic nitrogens is 6. The molecule has 2 N–H and O–H groups in total. The van der Waals surface area contributed by atoms with Crippen LogP contribution in [0.5, 0.6) is 23.0 Å². The van der Waals surface area contributed by atoms with Gasteiger partial charge in [0.05, 0.1) is 0 Å². The van der Waals surface area contributed by atoms with Crippen LogP contribution >= 0.6 is 0 Å². The normalized spacial score (nSPS) is 11.5. The van der Waals surface area contributed by atoms with Gasteiger partial charge in [-0.1, -0.05) is 38.8 Å². The van der Waals surface area contributed by atoms with E-state index < -0.39 is 0 Å². The highest BCUT2D eigenvalue weighted by Crippen LogP contribution is 2.34. The number of hydrogen-bond acceptors (Lipinski definition) is 10. The third-order valence-corrected chi connectivity index (χ3v) is 8.00. The van der Waals surface area contributed by atoms with Crippen molar-refractivity contribution in [3.05, 3.63) is 82.9 Å². The van der Waals surface area contributed by atoms with Gasteiger partial charge in [-0.3, -0.25) is 0 Å². The van der Waals surface area contributed by atoms with Gasteiger partial charge in [-0.05, 0) is 91.8 Å². The maximum absolute atomic E-state index is 11.1. The lowest BCUT2D eigenvalue weighted by atomic mass is 10.0. The zero-order chi connectivity index (χ0) is 33.6. The highest BCUT2D eigenvalue weighted by Gasteiger charge is 2.17. The summed E-state index contributed by atoms with van der Waals surface area (Å²) in [7, 11) is 0. The van der Waals surface area contributed by atoms with Crippen molar-refractivity contribution in [2.45, 2.75) is 59.8 Å². The predicted octanol–water partition coefficient (Wildman–Crippen LogP) is 6.84. The van der Waals surface area contributed by atoms with Gasteiger partial charge in [0, 0.05) is 12.1 Å². The van der Waals surface area contributed by atoms with E-state index in [4.69, 9.17) is 18.9 Å². The fourth-order valence-corrected chi connectivity index (χ4v) is 5.41. The van der Waals surface area contributed by atoms with E-state index in [0.717, 1.165) is 58.0 Å². The number of ether oxygens (including phenoxy) is 4. The van der Waals surface area contributed by atoms with Gasteiger partial charge in [0.25, 0.3) is 0 Å². The molecule has 6 aromatic rings. The summed E-state index contributed by atoms with van der Waals surface area (Å²) < 4.78 is 22.8. The summed E-state index contributed by atoms with van der Waals surface area (Å²) >= 11 is 0. The Morgan fingerprint density at radius 3 is 1.60 bits per heavy atom. The fourth-order valence-electron chi connectivity index (χ4n) is 5.41. The van der Waals surface area contributed by atoms with Crippen LogP contribution in [0.15, 0.2) is 60.7 Å². The average molecular weight is 653 g/mol. The van der Waals surface area contributed by atoms with Gasteiger partial charge in [-0.2, -0.15) is 0 Å². The van der Waals surface area contributed by atoms with Crippen LogP contribution in [0.4, 0.5) is 0 Å². The quantitative estimate of drug-likeness (QED) is 0.0895. The van der Waals surface area contributed by atoms with Crippen molar-refractivity contribution in [3.63, 3.8) is 0 Å². The van der Waals surface area contributed by atoms with Crippen LogP contribution in [0, 0.1) is 13.8 Å². The highest BCUT2D eigenvalue weighted by molar-refractivity contribution is 5.76. The van der Waals surface area contributed by atoms with E-state index in [1.807, 2.05) is 63.2 Å². The van der Waals surface area contributed by atoms with Crippen LogP contribution in [0.1, 0.15) is 55.4 Å². The molecule has 0 saturated carbocycles. The molecule has 48 heavy (non-hydrogen) atoms. The van der Waals surface area contributed by atoms with E-state index in [1.165, 1.54) is 9.59 Å². The number of aryl methyl sites for hydroxylation is 4. The standard InChI is InChI=1S/C36H40N6O6/c1-5-7-8-9-26-17-28(19-34(36(26)44)42-38-30-13-11-24(4)15-32(30)40-42)48-22-46-20-45-21-47-27-16-25(6-2)35(43)33(18-27)41-37-29-12-10-23(3)14-31(29)39-41/h10-19,43-44H,5-9,20-22H2,1-4H3. The molecule has 0 fully saturated rings. The molecular weight excluding hydrogens is 612 g/mol. The average Bonchev–Trinajstić information content (AvgIpc) is 3.69. The maximum atomic E-state index is 11.1. The molecule has 6 rings (SSSR count). The molecule has 12 heteroatoms. The number of hydrogen-bond donors (Lipinski definition) is 2. The number of phenolic OH excluding ortho intramolecular Hbond substituents is 2. The molecule has 0 bridgehead atoms. The van der Waals surface area contributed by atoms with E-state index >= 15 is 0 Å². The molecular formula is C36H40N6O6. The van der Waals surface area contributed by atoms with Crippen molar-refractivity contribution >= 4 is 22.1 Å². The third kappa shape index (κ3) is 7.35. The molecule has 0 atom stereocenters. The van der Waals surface area contributed by atoms with Crippen LogP contribution in [0.25, 0.3) is 33.4 Å². The maximum Gasteiger partial charge on any atom is 0.191 e. The van der Waals surface area contributed by atoms with Gasteiger partial charge in [-0.25, -0.2) is 0 Å². The van der Waals surface area contributed by atoms with E-state index in [9.17, 15) is 10.2 Å². The van der Waals surface area contributed by atoms with E-state index in [2.05, 4.69) is 27.3 Å². The number of phenols is 2. The van der Waals surface area contributed by atoms with Crippen molar-refractivity contribution in [1.29, 1.82) is 0 Å². The Bertz CT molecular complexity index is 2040. The van der Waals surface area contributed by atoms with Gasteiger partial charge in [0.15, 0.2) is 20.4 Å². The van der Waals surface area contributed by atoms with Gasteiger partial charge >= 0.3 is 0 Å². The lowest BCUT2D eigenvalue weighted by Gasteiger charge is -2.14. The van der Waals surface area contributed by atoms with Gasteiger partial charge in [-0.15, -0.1) is 30.0 Å². The van der Waals surface area contributed by atoms with Gasteiger partial charge < -0.3 is 29.2 Å². The summed E-state index contributed by atoms with van der Waals surface area (Å²) in [5.41, 5.74) is 7.39. The minimum Gasteiger partial charge on any atom is -0.505 e. The van der Waals surface area contributed by atoms with E-state index in [0.29, 0.717) is 41.3 Å². The van der Waals surface area contributed by atoms with Crippen LogP contribution in [0.3, 0.4) is 0 Å². The first kappa shape index (κ1) is 32.7. The lowest BCUT2D eigenvalue weighted by Crippen LogP contribution is -2.11. The topological polar surface area (TPSA) is 139 Å². The van der Waals surface area contributed by atoms with Gasteiger partial charge in [0.1, 0.15) is 56.4 Å². The Morgan fingerprint density at radius 1 is 0.583 bits per heavy atom. The molecule has 2 aromatic heterocycles. The van der Waals surface area contributed by atoms with Crippen molar-refractivity contribution < 1.29 is 29.2 Å². The van der Waals surface area contributed by atoms with Crippen LogP contribution < -0.4 is 9.47 Å². The molecule has 12 nitrogen and oxygen atoms in total. The summed E-state index contributed by atoms with van der Waals surface area (Å²) in [4.78, 5) is 2.86. The first-order chi connectivity index (χ1) is 23.3. The Kier molecular flexibility index (Phi) is 10.0. The summed E-state index contributed by atoms with van der Waals surface area (Å²) in [6.45, 7) is 7.81. The minimum atomic E-state index is -0.0932. The molecule has 4 aromatic carbocycles. The summed E-state index contributed by atoms with van der Waals surface area (Å²) in [5.74, 6) is 1.24. The summed E-state index contributed by atoms with van der Waals surface area (Å²) in [5, 5.41) is 40.2. The first-order valence-electron chi connectivity index (χ1n) is 16.1. The number of nitrogens with zero attached hydrogens (tertiary/aromatic N) is 6. The molecule has 0 aliphatic heterocycles. The zero-order valence-corrected chi connectivity index (χ0v) is 27.6. The monoisotopic (exact) mass is 652 g/mol. The van der Waals surface area contributed by atoms with Gasteiger partial charge in [0.2, 0.25) is 0 Å². The smallest absolute Gasteiger partial charge is 0.191 e. The predicted molar refractivity (Wildman–Crippen MR) is 181 cm³/mol. The second kappa shape index (κ2) is 14.7. The number of benzene rings is 4. The Morgan fingerprint density at radius 2 is 1.08 bits per heavy atom. The molecule has 250 valence electrons. The second-order valence-electron chi connectivity index (χ2n) is 11.7. The van der Waals surface area contributed by atoms with Crippen molar-refractivity contribution in [2.24, 2.45) is 0 Å². The molecule has 2 heterocycles. The van der Waals surface area contributed by atoms with Crippen molar-refractivity contribution in [1.82, 2.24) is 30.0 Å². The second-order valence-corrected chi connectivity index (χ2v) is 11.7. The van der Waals surface area contributed by atoms with Crippen molar-refractivity contribution in [2.75, 3.05) is 20.4 Å². The Labute approximate surface area is 278 Å². The summed E-state index contributed by atoms with van der Waals surface area (Å²) in [6, 6.07) is 18.6. The molecule has 0 aliphatic carbocycles. The number of aromatic hydroxyl groups is 2. The van der Waals surface area contributed by atoms with Crippen LogP contribution in [-0.2, 0) is 22.3 Å². The van der Waals surface area contributed by atoms with Crippen molar-refractivity contribution in [3.8, 4) is 34.4 Å². The number of rotatable bonds is 15. The fraction of sp³-hybridized carbons (Fsp3) is 0.333. The zero-order valence-electron chi connectivity index (χ0n) is 27.6.